The van der Waals surface area contributed by atoms with Gasteiger partial charge in [0.1, 0.15) is 0 Å². The van der Waals surface area contributed by atoms with Crippen LogP contribution < -0.4 is 11.1 Å². The van der Waals surface area contributed by atoms with E-state index in [4.69, 9.17) is 5.73 Å². The number of nitrogens with one attached hydrogen (secondary N) is 1. The van der Waals surface area contributed by atoms with Gasteiger partial charge in [0.2, 0.25) is 11.8 Å². The first kappa shape index (κ1) is 15.3. The van der Waals surface area contributed by atoms with E-state index in [2.05, 4.69) is 12.2 Å². The lowest BCUT2D eigenvalue weighted by Crippen LogP contribution is -2.52. The van der Waals surface area contributed by atoms with Gasteiger partial charge < -0.3 is 11.1 Å². The van der Waals surface area contributed by atoms with Crippen LogP contribution in [-0.2, 0) is 9.59 Å². The van der Waals surface area contributed by atoms with Gasteiger partial charge in [0.15, 0.2) is 0 Å². The number of piperidine rings is 1. The molecule has 1 aliphatic heterocycles. The van der Waals surface area contributed by atoms with Crippen molar-refractivity contribution in [1.29, 1.82) is 0 Å². The van der Waals surface area contributed by atoms with Crippen molar-refractivity contribution < 1.29 is 9.59 Å². The smallest absolute Gasteiger partial charge is 0.234 e. The Morgan fingerprint density at radius 1 is 1.15 bits per heavy atom. The predicted octanol–water partition coefficient (Wildman–Crippen LogP) is 1.02. The van der Waals surface area contributed by atoms with E-state index in [1.54, 1.807) is 0 Å². The van der Waals surface area contributed by atoms with E-state index in [0.29, 0.717) is 18.5 Å². The summed E-state index contributed by atoms with van der Waals surface area (Å²) in [5, 5.41) is 3.14. The molecule has 1 heterocycles. The Kier molecular flexibility index (Phi) is 5.40. The van der Waals surface area contributed by atoms with Gasteiger partial charge in [-0.2, -0.15) is 0 Å². The molecule has 3 N–H and O–H groups in total. The van der Waals surface area contributed by atoms with Gasteiger partial charge in [-0.05, 0) is 38.1 Å². The molecule has 2 amide bonds. The molecule has 0 radical (unpaired) electrons. The average molecular weight is 281 g/mol. The van der Waals surface area contributed by atoms with Gasteiger partial charge in [-0.15, -0.1) is 0 Å². The van der Waals surface area contributed by atoms with Gasteiger partial charge in [-0.3, -0.25) is 14.5 Å². The van der Waals surface area contributed by atoms with Crippen molar-refractivity contribution in [3.8, 4) is 0 Å². The largest absolute Gasteiger partial charge is 0.368 e. The second kappa shape index (κ2) is 7.07. The quantitative estimate of drug-likeness (QED) is 0.808. The fourth-order valence-corrected chi connectivity index (χ4v) is 3.47. The highest BCUT2D eigenvalue weighted by Crippen LogP contribution is 2.23. The van der Waals surface area contributed by atoms with Crippen LogP contribution in [0, 0.1) is 5.92 Å². The Morgan fingerprint density at radius 3 is 2.55 bits per heavy atom. The fourth-order valence-electron chi connectivity index (χ4n) is 3.47. The lowest BCUT2D eigenvalue weighted by molar-refractivity contribution is -0.128. The van der Waals surface area contributed by atoms with Crippen molar-refractivity contribution in [1.82, 2.24) is 10.2 Å². The molecule has 0 unspecified atom stereocenters. The molecular weight excluding hydrogens is 254 g/mol. The minimum Gasteiger partial charge on any atom is -0.368 e. The van der Waals surface area contributed by atoms with Gasteiger partial charge in [-0.25, -0.2) is 0 Å². The lowest BCUT2D eigenvalue weighted by Gasteiger charge is -2.34. The summed E-state index contributed by atoms with van der Waals surface area (Å²) in [6.45, 7) is 3.30. The van der Waals surface area contributed by atoms with E-state index in [9.17, 15) is 9.59 Å². The van der Waals surface area contributed by atoms with E-state index < -0.39 is 0 Å². The molecule has 2 aliphatic rings. The van der Waals surface area contributed by atoms with E-state index >= 15 is 0 Å². The van der Waals surface area contributed by atoms with Crippen LogP contribution in [0.15, 0.2) is 0 Å². The van der Waals surface area contributed by atoms with Crippen LogP contribution in [-0.4, -0.2) is 41.9 Å². The van der Waals surface area contributed by atoms with Gasteiger partial charge in [0.05, 0.1) is 12.6 Å². The summed E-state index contributed by atoms with van der Waals surface area (Å²) in [7, 11) is 0. The lowest BCUT2D eigenvalue weighted by atomic mass is 9.86. The Balaban J connectivity index is 1.84. The number of nitrogens with zero attached hydrogens (tertiary/aromatic N) is 1. The molecule has 0 bridgehead atoms. The van der Waals surface area contributed by atoms with Crippen molar-refractivity contribution in [2.24, 2.45) is 11.7 Å². The molecule has 0 spiro atoms. The Bertz CT molecular complexity index is 359. The van der Waals surface area contributed by atoms with Crippen molar-refractivity contribution in [3.63, 3.8) is 0 Å². The molecule has 5 heteroatoms. The first-order valence-corrected chi connectivity index (χ1v) is 7.90. The highest BCUT2D eigenvalue weighted by Gasteiger charge is 2.29. The molecule has 2 rings (SSSR count). The number of amides is 2. The average Bonchev–Trinajstić information content (AvgIpc) is 2.41. The second-order valence-electron chi connectivity index (χ2n) is 6.32. The van der Waals surface area contributed by atoms with Crippen LogP contribution >= 0.6 is 0 Å². The summed E-state index contributed by atoms with van der Waals surface area (Å²) in [6, 6.07) is 0.0337. The molecular formula is C15H27N3O2. The minimum atomic E-state index is -0.302. The minimum absolute atomic E-state index is 0.0388. The van der Waals surface area contributed by atoms with E-state index in [1.807, 2.05) is 4.90 Å². The highest BCUT2D eigenvalue weighted by molar-refractivity contribution is 5.82. The number of carbonyl (C=O) groups is 2. The molecule has 20 heavy (non-hydrogen) atoms. The molecule has 0 aromatic rings. The topological polar surface area (TPSA) is 75.4 Å². The highest BCUT2D eigenvalue weighted by atomic mass is 16.2. The molecule has 0 aromatic heterocycles. The molecule has 0 aromatic carbocycles. The molecule has 1 saturated heterocycles. The van der Waals surface area contributed by atoms with Gasteiger partial charge >= 0.3 is 0 Å². The van der Waals surface area contributed by atoms with Crippen LogP contribution in [0.5, 0.6) is 0 Å². The summed E-state index contributed by atoms with van der Waals surface area (Å²) < 4.78 is 0. The number of carbonyl (C=O) groups excluding carboxylic acids is 2. The Labute approximate surface area is 121 Å². The third-order valence-electron chi connectivity index (χ3n) is 4.75. The SMILES string of the molecule is C[C@@H]1CCCC[C@@H]1NC(=O)CN1CCCC[C@H]1C(N)=O. The Hall–Kier alpha value is -1.10. The van der Waals surface area contributed by atoms with Crippen LogP contribution in [0.1, 0.15) is 51.9 Å². The number of hydrogen-bond acceptors (Lipinski definition) is 3. The maximum absolute atomic E-state index is 12.2. The summed E-state index contributed by atoms with van der Waals surface area (Å²) >= 11 is 0. The number of likely N-dealkylation sites (tertiary alicyclic amines) is 1. The zero-order valence-corrected chi connectivity index (χ0v) is 12.4. The van der Waals surface area contributed by atoms with E-state index in [1.165, 1.54) is 19.3 Å². The zero-order chi connectivity index (χ0) is 14.5. The molecule has 1 aliphatic carbocycles. The van der Waals surface area contributed by atoms with Crippen LogP contribution in [0.4, 0.5) is 0 Å². The summed E-state index contributed by atoms with van der Waals surface area (Å²) in [5.74, 6) is 0.293. The van der Waals surface area contributed by atoms with Crippen molar-refractivity contribution in [2.45, 2.75) is 64.0 Å². The standard InChI is InChI=1S/C15H27N3O2/c1-11-6-2-3-7-12(11)17-14(19)10-18-9-5-4-8-13(18)15(16)20/h11-13H,2-10H2,1H3,(H2,16,20)(H,17,19)/t11-,12+,13+/m1/s1. The number of hydrogen-bond donors (Lipinski definition) is 2. The van der Waals surface area contributed by atoms with Gasteiger partial charge in [0.25, 0.3) is 0 Å². The van der Waals surface area contributed by atoms with Crippen LogP contribution in [0.3, 0.4) is 0 Å². The molecule has 5 nitrogen and oxygen atoms in total. The van der Waals surface area contributed by atoms with Gasteiger partial charge in [0, 0.05) is 6.04 Å². The van der Waals surface area contributed by atoms with Crippen LogP contribution in [0.2, 0.25) is 0 Å². The van der Waals surface area contributed by atoms with Crippen molar-refractivity contribution in [3.05, 3.63) is 0 Å². The number of rotatable bonds is 4. The van der Waals surface area contributed by atoms with Gasteiger partial charge in [-0.1, -0.05) is 26.2 Å². The summed E-state index contributed by atoms with van der Waals surface area (Å²) in [6.07, 6.45) is 7.57. The first-order chi connectivity index (χ1) is 9.58. The number of nitrogens with two attached hydrogens (primary N) is 1. The third kappa shape index (κ3) is 3.95. The third-order valence-corrected chi connectivity index (χ3v) is 4.75. The maximum Gasteiger partial charge on any atom is 0.234 e. The van der Waals surface area contributed by atoms with Crippen LogP contribution in [0.25, 0.3) is 0 Å². The molecule has 2 fully saturated rings. The number of primary amides is 1. The fraction of sp³-hybridized carbons (Fsp3) is 0.867. The Morgan fingerprint density at radius 2 is 1.85 bits per heavy atom. The maximum atomic E-state index is 12.2. The molecule has 114 valence electrons. The predicted molar refractivity (Wildman–Crippen MR) is 78.0 cm³/mol. The molecule has 1 saturated carbocycles. The van der Waals surface area contributed by atoms with E-state index in [0.717, 1.165) is 32.2 Å². The van der Waals surface area contributed by atoms with E-state index in [-0.39, 0.29) is 17.9 Å². The normalized spacial score (nSPS) is 31.8. The molecule has 3 atom stereocenters. The van der Waals surface area contributed by atoms with Crippen molar-refractivity contribution >= 4 is 11.8 Å². The first-order valence-electron chi connectivity index (χ1n) is 7.90. The summed E-state index contributed by atoms with van der Waals surface area (Å²) in [4.78, 5) is 25.6. The monoisotopic (exact) mass is 281 g/mol. The van der Waals surface area contributed by atoms with Crippen molar-refractivity contribution in [2.75, 3.05) is 13.1 Å². The summed E-state index contributed by atoms with van der Waals surface area (Å²) in [5.41, 5.74) is 5.43. The zero-order valence-electron chi connectivity index (χ0n) is 12.4. The second-order valence-corrected chi connectivity index (χ2v) is 6.32.